The van der Waals surface area contributed by atoms with Gasteiger partial charge in [-0.15, -0.1) is 0 Å². The molecule has 2 aliphatic rings. The summed E-state index contributed by atoms with van der Waals surface area (Å²) < 4.78 is 2.21. The van der Waals surface area contributed by atoms with Gasteiger partial charge in [-0.2, -0.15) is 16.9 Å². The molecule has 0 aromatic carbocycles. The first-order valence-electron chi connectivity index (χ1n) is 6.26. The average Bonchev–Trinajstić information content (AvgIpc) is 3.01. The normalized spacial score (nSPS) is 27.4. The van der Waals surface area contributed by atoms with Crippen LogP contribution in [0.2, 0.25) is 0 Å². The predicted octanol–water partition coefficient (Wildman–Crippen LogP) is 2.03. The molecule has 4 heteroatoms. The molecule has 0 bridgehead atoms. The minimum atomic E-state index is 0.653. The lowest BCUT2D eigenvalue weighted by Crippen LogP contribution is -2.26. The Morgan fingerprint density at radius 3 is 2.94 bits per heavy atom. The van der Waals surface area contributed by atoms with Crippen molar-refractivity contribution in [3.05, 3.63) is 18.0 Å². The second-order valence-corrected chi connectivity index (χ2v) is 5.95. The number of nitrogens with one attached hydrogen (secondary N) is 1. The summed E-state index contributed by atoms with van der Waals surface area (Å²) >= 11 is 2.05. The van der Waals surface area contributed by atoms with Gasteiger partial charge in [0.25, 0.3) is 0 Å². The van der Waals surface area contributed by atoms with Gasteiger partial charge in [-0.05, 0) is 49.6 Å². The van der Waals surface area contributed by atoms with Gasteiger partial charge in [0.05, 0.1) is 12.2 Å². The fraction of sp³-hybridized carbons (Fsp3) is 0.750. The molecular weight excluding hydrogens is 218 g/mol. The van der Waals surface area contributed by atoms with Crippen LogP contribution in [-0.4, -0.2) is 34.4 Å². The second-order valence-electron chi connectivity index (χ2n) is 4.80. The van der Waals surface area contributed by atoms with Crippen molar-refractivity contribution in [2.24, 2.45) is 0 Å². The molecule has 2 fully saturated rings. The van der Waals surface area contributed by atoms with E-state index < -0.39 is 0 Å². The van der Waals surface area contributed by atoms with Crippen LogP contribution < -0.4 is 5.32 Å². The van der Waals surface area contributed by atoms with Crippen molar-refractivity contribution >= 4 is 11.8 Å². The molecule has 88 valence electrons. The third kappa shape index (κ3) is 2.13. The lowest BCUT2D eigenvalue weighted by atomic mass is 9.93. The van der Waals surface area contributed by atoms with E-state index in [0.717, 1.165) is 19.0 Å². The molecule has 0 spiro atoms. The van der Waals surface area contributed by atoms with E-state index in [4.69, 9.17) is 0 Å². The van der Waals surface area contributed by atoms with Crippen molar-refractivity contribution in [1.82, 2.24) is 15.1 Å². The standard InChI is InChI=1S/C12H19N3S/c1-4-13-5-2-10(1)11-7-14-15(8-11)12-3-6-16-9-12/h7-8,10,12-13H,1-6,9H2. The topological polar surface area (TPSA) is 29.9 Å². The molecule has 0 radical (unpaired) electrons. The molecule has 1 aromatic heterocycles. The Balaban J connectivity index is 1.71. The third-order valence-corrected chi connectivity index (χ3v) is 4.86. The molecule has 0 saturated carbocycles. The molecule has 2 saturated heterocycles. The van der Waals surface area contributed by atoms with E-state index in [9.17, 15) is 0 Å². The Labute approximate surface area is 101 Å². The van der Waals surface area contributed by atoms with Crippen molar-refractivity contribution in [1.29, 1.82) is 0 Å². The SMILES string of the molecule is c1nn(C2CCSC2)cc1C1CCNCC1. The van der Waals surface area contributed by atoms with Crippen LogP contribution in [-0.2, 0) is 0 Å². The van der Waals surface area contributed by atoms with Gasteiger partial charge in [0.1, 0.15) is 0 Å². The molecule has 16 heavy (non-hydrogen) atoms. The molecule has 0 aliphatic carbocycles. The van der Waals surface area contributed by atoms with Crippen LogP contribution in [0, 0.1) is 0 Å². The summed E-state index contributed by atoms with van der Waals surface area (Å²) in [5, 5.41) is 7.97. The van der Waals surface area contributed by atoms with Gasteiger partial charge in [0, 0.05) is 11.9 Å². The summed E-state index contributed by atoms with van der Waals surface area (Å²) in [4.78, 5) is 0. The van der Waals surface area contributed by atoms with E-state index in [1.54, 1.807) is 0 Å². The van der Waals surface area contributed by atoms with Crippen molar-refractivity contribution < 1.29 is 0 Å². The van der Waals surface area contributed by atoms with Gasteiger partial charge < -0.3 is 5.32 Å². The monoisotopic (exact) mass is 237 g/mol. The van der Waals surface area contributed by atoms with E-state index >= 15 is 0 Å². The van der Waals surface area contributed by atoms with E-state index in [-0.39, 0.29) is 0 Å². The lowest BCUT2D eigenvalue weighted by molar-refractivity contribution is 0.458. The van der Waals surface area contributed by atoms with Crippen LogP contribution in [0.1, 0.15) is 36.8 Å². The first-order valence-corrected chi connectivity index (χ1v) is 7.41. The van der Waals surface area contributed by atoms with E-state index in [2.05, 4.69) is 39.3 Å². The van der Waals surface area contributed by atoms with Gasteiger partial charge in [-0.1, -0.05) is 0 Å². The molecule has 3 heterocycles. The Morgan fingerprint density at radius 2 is 2.19 bits per heavy atom. The fourth-order valence-electron chi connectivity index (χ4n) is 2.65. The fourth-order valence-corrected chi connectivity index (χ4v) is 3.85. The first kappa shape index (κ1) is 10.7. The summed E-state index contributed by atoms with van der Waals surface area (Å²) in [5.74, 6) is 3.28. The van der Waals surface area contributed by atoms with Gasteiger partial charge in [0.2, 0.25) is 0 Å². The highest BCUT2D eigenvalue weighted by atomic mass is 32.2. The average molecular weight is 237 g/mol. The lowest BCUT2D eigenvalue weighted by Gasteiger charge is -2.21. The van der Waals surface area contributed by atoms with Gasteiger partial charge in [-0.3, -0.25) is 4.68 Å². The van der Waals surface area contributed by atoms with Crippen molar-refractivity contribution in [2.75, 3.05) is 24.6 Å². The smallest absolute Gasteiger partial charge is 0.0617 e. The summed E-state index contributed by atoms with van der Waals surface area (Å²) in [6.07, 6.45) is 8.22. The predicted molar refractivity (Wildman–Crippen MR) is 68.1 cm³/mol. The van der Waals surface area contributed by atoms with Crippen molar-refractivity contribution in [3.8, 4) is 0 Å². The zero-order valence-corrected chi connectivity index (χ0v) is 10.4. The highest BCUT2D eigenvalue weighted by molar-refractivity contribution is 7.99. The quantitative estimate of drug-likeness (QED) is 0.853. The number of hydrogen-bond acceptors (Lipinski definition) is 3. The minimum absolute atomic E-state index is 0.653. The zero-order chi connectivity index (χ0) is 10.8. The van der Waals surface area contributed by atoms with Crippen LogP contribution in [0.3, 0.4) is 0 Å². The number of rotatable bonds is 2. The van der Waals surface area contributed by atoms with Crippen LogP contribution >= 0.6 is 11.8 Å². The van der Waals surface area contributed by atoms with E-state index in [0.29, 0.717) is 6.04 Å². The van der Waals surface area contributed by atoms with Crippen LogP contribution in [0.4, 0.5) is 0 Å². The maximum absolute atomic E-state index is 4.56. The Morgan fingerprint density at radius 1 is 1.31 bits per heavy atom. The molecule has 1 N–H and O–H groups in total. The van der Waals surface area contributed by atoms with Gasteiger partial charge in [0.15, 0.2) is 0 Å². The molecule has 1 unspecified atom stereocenters. The zero-order valence-electron chi connectivity index (χ0n) is 9.56. The van der Waals surface area contributed by atoms with E-state index in [1.807, 2.05) is 0 Å². The second kappa shape index (κ2) is 4.80. The Bertz CT molecular complexity index is 338. The maximum Gasteiger partial charge on any atom is 0.0617 e. The molecule has 1 atom stereocenters. The van der Waals surface area contributed by atoms with Crippen LogP contribution in [0.25, 0.3) is 0 Å². The van der Waals surface area contributed by atoms with Crippen molar-refractivity contribution in [3.63, 3.8) is 0 Å². The molecule has 2 aliphatic heterocycles. The first-order chi connectivity index (χ1) is 7.93. The van der Waals surface area contributed by atoms with Crippen molar-refractivity contribution in [2.45, 2.75) is 31.2 Å². The van der Waals surface area contributed by atoms with Gasteiger partial charge in [-0.25, -0.2) is 0 Å². The number of aromatic nitrogens is 2. The third-order valence-electron chi connectivity index (χ3n) is 3.71. The molecule has 3 nitrogen and oxygen atoms in total. The Kier molecular flexibility index (Phi) is 3.20. The number of piperidine rings is 1. The highest BCUT2D eigenvalue weighted by Gasteiger charge is 2.21. The molecule has 1 aromatic rings. The van der Waals surface area contributed by atoms with Crippen LogP contribution in [0.15, 0.2) is 12.4 Å². The summed E-state index contributed by atoms with van der Waals surface area (Å²) in [6, 6.07) is 0.653. The minimum Gasteiger partial charge on any atom is -0.317 e. The largest absolute Gasteiger partial charge is 0.317 e. The van der Waals surface area contributed by atoms with Gasteiger partial charge >= 0.3 is 0 Å². The maximum atomic E-state index is 4.56. The van der Waals surface area contributed by atoms with E-state index in [1.165, 1.54) is 36.3 Å². The molecule has 0 amide bonds. The highest BCUT2D eigenvalue weighted by Crippen LogP contribution is 2.30. The number of nitrogens with zero attached hydrogens (tertiary/aromatic N) is 2. The Hall–Kier alpha value is -0.480. The molecular formula is C12H19N3S. The summed E-state index contributed by atoms with van der Waals surface area (Å²) in [7, 11) is 0. The summed E-state index contributed by atoms with van der Waals surface area (Å²) in [6.45, 7) is 2.32. The number of hydrogen-bond donors (Lipinski definition) is 1. The summed E-state index contributed by atoms with van der Waals surface area (Å²) in [5.41, 5.74) is 1.46. The molecule has 3 rings (SSSR count). The van der Waals surface area contributed by atoms with Crippen LogP contribution in [0.5, 0.6) is 0 Å². The number of thioether (sulfide) groups is 1.